The molecule has 2 N–H and O–H groups in total. The summed E-state index contributed by atoms with van der Waals surface area (Å²) in [6.07, 6.45) is 6.32. The smallest absolute Gasteiger partial charge is 0.161 e. The first-order valence-electron chi connectivity index (χ1n) is 5.96. The van der Waals surface area contributed by atoms with Gasteiger partial charge in [0.25, 0.3) is 0 Å². The molecule has 0 aliphatic heterocycles. The van der Waals surface area contributed by atoms with Crippen LogP contribution in [0, 0.1) is 55.9 Å². The molecule has 0 spiro atoms. The fourth-order valence-electron chi connectivity index (χ4n) is 1.72. The van der Waals surface area contributed by atoms with Gasteiger partial charge in [-0.3, -0.25) is 9.59 Å². The number of rotatable bonds is 4. The molecular formula is C12H20AcO4. The minimum absolute atomic E-state index is 0. The van der Waals surface area contributed by atoms with Crippen molar-refractivity contribution in [3.8, 4) is 0 Å². The number of aliphatic hydroxyl groups excluding tert-OH is 2. The maximum Gasteiger partial charge on any atom is 0.161 e. The number of hydrogen-bond donors (Lipinski definition) is 2. The van der Waals surface area contributed by atoms with Crippen molar-refractivity contribution in [2.24, 2.45) is 11.8 Å². The average molecular weight is 455 g/mol. The Morgan fingerprint density at radius 2 is 1.12 bits per heavy atom. The van der Waals surface area contributed by atoms with E-state index in [-0.39, 0.29) is 80.7 Å². The van der Waals surface area contributed by atoms with Crippen LogP contribution in [-0.4, -0.2) is 35.0 Å². The minimum atomic E-state index is -0.259. The molecule has 0 aromatic rings. The molecule has 17 heavy (non-hydrogen) atoms. The van der Waals surface area contributed by atoms with Crippen molar-refractivity contribution in [3.05, 3.63) is 0 Å². The average Bonchev–Trinajstić information content (AvgIpc) is 2.13. The van der Waals surface area contributed by atoms with E-state index in [1.165, 1.54) is 0 Å². The van der Waals surface area contributed by atoms with E-state index in [0.717, 1.165) is 38.5 Å². The van der Waals surface area contributed by atoms with Crippen LogP contribution in [0.5, 0.6) is 0 Å². The molecule has 5 heteroatoms. The molecule has 2 aliphatic carbocycles. The van der Waals surface area contributed by atoms with Gasteiger partial charge in [0.15, 0.2) is 11.6 Å². The summed E-state index contributed by atoms with van der Waals surface area (Å²) in [4.78, 5) is 21.1. The molecule has 2 aliphatic rings. The molecule has 2 fully saturated rings. The van der Waals surface area contributed by atoms with E-state index in [0.29, 0.717) is 0 Å². The van der Waals surface area contributed by atoms with E-state index < -0.39 is 0 Å². The summed E-state index contributed by atoms with van der Waals surface area (Å²) in [5.74, 6) is 0.465. The number of hydrogen-bond acceptors (Lipinski definition) is 4. The van der Waals surface area contributed by atoms with Crippen molar-refractivity contribution < 1.29 is 63.9 Å². The molecule has 0 bridgehead atoms. The first-order chi connectivity index (χ1) is 7.69. The fourth-order valence-corrected chi connectivity index (χ4v) is 1.72. The number of Topliss-reactive ketones (excluding diaryl/α,β-unsaturated/α-hetero) is 2. The Labute approximate surface area is 138 Å². The molecular weight excluding hydrogens is 435 g/mol. The molecule has 0 heterocycles. The molecule has 2 saturated carbocycles. The monoisotopic (exact) mass is 455 g/mol. The maximum atomic E-state index is 10.5. The van der Waals surface area contributed by atoms with Gasteiger partial charge in [-0.1, -0.05) is 12.8 Å². The first kappa shape index (κ1) is 17.7. The summed E-state index contributed by atoms with van der Waals surface area (Å²) in [5, 5.41) is 16.6. The van der Waals surface area contributed by atoms with Crippen molar-refractivity contribution >= 4 is 11.6 Å². The summed E-state index contributed by atoms with van der Waals surface area (Å²) >= 11 is 0. The Kier molecular flexibility index (Phi) is 10.0. The molecule has 0 amide bonds. The maximum absolute atomic E-state index is 10.5. The van der Waals surface area contributed by atoms with Gasteiger partial charge in [-0.2, -0.15) is 0 Å². The summed E-state index contributed by atoms with van der Waals surface area (Å²) in [6.45, 7) is -0.519. The van der Waals surface area contributed by atoms with E-state index in [9.17, 15) is 9.59 Å². The Morgan fingerprint density at radius 3 is 1.18 bits per heavy atom. The van der Waals surface area contributed by atoms with Crippen LogP contribution in [-0.2, 0) is 9.59 Å². The van der Waals surface area contributed by atoms with Gasteiger partial charge in [-0.25, -0.2) is 0 Å². The van der Waals surface area contributed by atoms with Crippen LogP contribution in [0.1, 0.15) is 38.5 Å². The second kappa shape index (κ2) is 9.61. The van der Waals surface area contributed by atoms with Crippen molar-refractivity contribution in [2.45, 2.75) is 38.5 Å². The van der Waals surface area contributed by atoms with Crippen LogP contribution in [0.25, 0.3) is 0 Å². The first-order valence-corrected chi connectivity index (χ1v) is 5.96. The van der Waals surface area contributed by atoms with Gasteiger partial charge in [0.05, 0.1) is 0 Å². The molecule has 1 radical (unpaired) electrons. The SMILES string of the molecule is O=C(CO)C1CCC1.O=C(CO)C1CCC1.[Ac]. The van der Waals surface area contributed by atoms with Crippen LogP contribution in [0.2, 0.25) is 0 Å². The van der Waals surface area contributed by atoms with E-state index in [1.807, 2.05) is 0 Å². The number of carbonyl (C=O) groups is 2. The molecule has 0 aromatic carbocycles. The zero-order valence-corrected chi connectivity index (χ0v) is 14.8. The topological polar surface area (TPSA) is 74.6 Å². The Hall–Kier alpha value is 0.702. The van der Waals surface area contributed by atoms with Gasteiger partial charge in [-0.15, -0.1) is 0 Å². The third-order valence-corrected chi connectivity index (χ3v) is 3.43. The van der Waals surface area contributed by atoms with Crippen LogP contribution in [0.15, 0.2) is 0 Å². The summed E-state index contributed by atoms with van der Waals surface area (Å²) in [5.41, 5.74) is 0. The molecule has 95 valence electrons. The molecule has 0 saturated heterocycles. The summed E-state index contributed by atoms with van der Waals surface area (Å²) in [7, 11) is 0. The second-order valence-electron chi connectivity index (χ2n) is 4.50. The second-order valence-corrected chi connectivity index (χ2v) is 4.50. The van der Waals surface area contributed by atoms with Crippen molar-refractivity contribution in [1.29, 1.82) is 0 Å². The van der Waals surface area contributed by atoms with Gasteiger partial charge in [0.2, 0.25) is 0 Å². The van der Waals surface area contributed by atoms with Crippen LogP contribution >= 0.6 is 0 Å². The Morgan fingerprint density at radius 1 is 0.824 bits per heavy atom. The molecule has 0 aromatic heterocycles. The predicted octanol–water partition coefficient (Wildman–Crippen LogP) is 0.696. The van der Waals surface area contributed by atoms with Crippen LogP contribution in [0.4, 0.5) is 0 Å². The van der Waals surface area contributed by atoms with Gasteiger partial charge < -0.3 is 10.2 Å². The fraction of sp³-hybridized carbons (Fsp3) is 0.833. The normalized spacial score (nSPS) is 18.9. The van der Waals surface area contributed by atoms with Crippen molar-refractivity contribution in [1.82, 2.24) is 0 Å². The van der Waals surface area contributed by atoms with Crippen LogP contribution in [0.3, 0.4) is 0 Å². The van der Waals surface area contributed by atoms with E-state index in [1.54, 1.807) is 0 Å². The van der Waals surface area contributed by atoms with Gasteiger partial charge >= 0.3 is 0 Å². The zero-order valence-electron chi connectivity index (χ0n) is 10.1. The number of carbonyl (C=O) groups excluding carboxylic acids is 2. The molecule has 2 rings (SSSR count). The third kappa shape index (κ3) is 5.92. The Bertz CT molecular complexity index is 221. The van der Waals surface area contributed by atoms with E-state index in [4.69, 9.17) is 10.2 Å². The Balaban J connectivity index is 0.000000284. The molecule has 0 atom stereocenters. The van der Waals surface area contributed by atoms with Gasteiger partial charge in [0, 0.05) is 55.9 Å². The van der Waals surface area contributed by atoms with Gasteiger partial charge in [0.1, 0.15) is 13.2 Å². The number of ketones is 2. The van der Waals surface area contributed by atoms with Gasteiger partial charge in [-0.05, 0) is 25.7 Å². The largest absolute Gasteiger partial charge is 0.389 e. The minimum Gasteiger partial charge on any atom is -0.389 e. The third-order valence-electron chi connectivity index (χ3n) is 3.43. The molecule has 4 nitrogen and oxygen atoms in total. The van der Waals surface area contributed by atoms with Crippen LogP contribution < -0.4 is 0 Å². The predicted molar refractivity (Wildman–Crippen MR) is 58.9 cm³/mol. The van der Waals surface area contributed by atoms with E-state index >= 15 is 0 Å². The van der Waals surface area contributed by atoms with Crippen molar-refractivity contribution in [2.75, 3.05) is 13.2 Å². The standard InChI is InChI=1S/2C6H10O2.Ac/c2*7-4-6(8)5-2-1-3-5;/h2*5,7H,1-4H2;. The number of aliphatic hydroxyl groups is 2. The summed E-state index contributed by atoms with van der Waals surface area (Å²) in [6, 6.07) is 0. The quantitative estimate of drug-likeness (QED) is 0.655. The summed E-state index contributed by atoms with van der Waals surface area (Å²) < 4.78 is 0. The molecule has 0 unspecified atom stereocenters. The zero-order chi connectivity index (χ0) is 12.0. The van der Waals surface area contributed by atoms with Crippen molar-refractivity contribution in [3.63, 3.8) is 0 Å². The van der Waals surface area contributed by atoms with E-state index in [2.05, 4.69) is 0 Å².